The van der Waals surface area contributed by atoms with Gasteiger partial charge in [-0.15, -0.1) is 6.58 Å². The quantitative estimate of drug-likeness (QED) is 0.751. The van der Waals surface area contributed by atoms with Gasteiger partial charge in [-0.2, -0.15) is 13.2 Å². The SMILES string of the molecule is C=CCc1cc(C(F)(F)F)cc(O)c1C. The number of hydrogen-bond donors (Lipinski definition) is 1. The number of phenolic OH excluding ortho intramolecular Hbond substituents is 1. The predicted molar refractivity (Wildman–Crippen MR) is 51.7 cm³/mol. The van der Waals surface area contributed by atoms with E-state index in [1.54, 1.807) is 6.92 Å². The zero-order valence-electron chi connectivity index (χ0n) is 8.23. The molecule has 0 aliphatic carbocycles. The van der Waals surface area contributed by atoms with E-state index in [0.717, 1.165) is 12.1 Å². The van der Waals surface area contributed by atoms with Crippen molar-refractivity contribution in [2.24, 2.45) is 0 Å². The van der Waals surface area contributed by atoms with Gasteiger partial charge < -0.3 is 5.11 Å². The van der Waals surface area contributed by atoms with E-state index in [1.165, 1.54) is 6.08 Å². The van der Waals surface area contributed by atoms with Crippen LogP contribution < -0.4 is 0 Å². The molecule has 0 spiro atoms. The van der Waals surface area contributed by atoms with Gasteiger partial charge in [0.25, 0.3) is 0 Å². The smallest absolute Gasteiger partial charge is 0.416 e. The average molecular weight is 216 g/mol. The van der Waals surface area contributed by atoms with E-state index in [0.29, 0.717) is 17.5 Å². The predicted octanol–water partition coefficient (Wildman–Crippen LogP) is 3.45. The van der Waals surface area contributed by atoms with Crippen molar-refractivity contribution >= 4 is 0 Å². The van der Waals surface area contributed by atoms with Crippen LogP contribution in [0, 0.1) is 6.92 Å². The van der Waals surface area contributed by atoms with Gasteiger partial charge in [0.05, 0.1) is 5.56 Å². The van der Waals surface area contributed by atoms with Gasteiger partial charge in [-0.1, -0.05) is 6.08 Å². The summed E-state index contributed by atoms with van der Waals surface area (Å²) in [6.07, 6.45) is -2.62. The number of rotatable bonds is 2. The molecule has 0 unspecified atom stereocenters. The van der Waals surface area contributed by atoms with E-state index in [2.05, 4.69) is 6.58 Å². The molecule has 0 bridgehead atoms. The van der Waals surface area contributed by atoms with E-state index in [9.17, 15) is 18.3 Å². The lowest BCUT2D eigenvalue weighted by Gasteiger charge is -2.12. The number of alkyl halides is 3. The lowest BCUT2D eigenvalue weighted by molar-refractivity contribution is -0.137. The first-order chi connectivity index (χ1) is 6.86. The molecule has 1 aromatic carbocycles. The Hall–Kier alpha value is -1.45. The van der Waals surface area contributed by atoms with E-state index < -0.39 is 11.7 Å². The second kappa shape index (κ2) is 3.96. The van der Waals surface area contributed by atoms with Crippen molar-refractivity contribution in [1.29, 1.82) is 0 Å². The van der Waals surface area contributed by atoms with Crippen LogP contribution in [-0.2, 0) is 12.6 Å². The molecule has 1 rings (SSSR count). The van der Waals surface area contributed by atoms with Crippen molar-refractivity contribution < 1.29 is 18.3 Å². The van der Waals surface area contributed by atoms with Gasteiger partial charge in [0.15, 0.2) is 0 Å². The Morgan fingerprint density at radius 3 is 2.47 bits per heavy atom. The summed E-state index contributed by atoms with van der Waals surface area (Å²) >= 11 is 0. The topological polar surface area (TPSA) is 20.2 Å². The number of aromatic hydroxyl groups is 1. The average Bonchev–Trinajstić information content (AvgIpc) is 2.11. The number of phenols is 1. The fourth-order valence-electron chi connectivity index (χ4n) is 1.29. The summed E-state index contributed by atoms with van der Waals surface area (Å²) in [5, 5.41) is 9.34. The fraction of sp³-hybridized carbons (Fsp3) is 0.273. The van der Waals surface area contributed by atoms with Crippen molar-refractivity contribution in [3.63, 3.8) is 0 Å². The highest BCUT2D eigenvalue weighted by Gasteiger charge is 2.31. The van der Waals surface area contributed by atoms with Crippen LogP contribution in [0.2, 0.25) is 0 Å². The maximum atomic E-state index is 12.4. The van der Waals surface area contributed by atoms with Gasteiger partial charge in [0, 0.05) is 0 Å². The molecule has 0 amide bonds. The maximum absolute atomic E-state index is 12.4. The van der Waals surface area contributed by atoms with Crippen LogP contribution in [0.25, 0.3) is 0 Å². The first-order valence-corrected chi connectivity index (χ1v) is 4.37. The summed E-state index contributed by atoms with van der Waals surface area (Å²) in [6, 6.07) is 1.78. The lowest BCUT2D eigenvalue weighted by Crippen LogP contribution is -2.06. The molecule has 4 heteroatoms. The monoisotopic (exact) mass is 216 g/mol. The molecule has 1 N–H and O–H groups in total. The second-order valence-corrected chi connectivity index (χ2v) is 3.27. The number of benzene rings is 1. The summed E-state index contributed by atoms with van der Waals surface area (Å²) < 4.78 is 37.1. The Morgan fingerprint density at radius 2 is 2.00 bits per heavy atom. The van der Waals surface area contributed by atoms with Crippen molar-refractivity contribution in [3.05, 3.63) is 41.5 Å². The van der Waals surface area contributed by atoms with Gasteiger partial charge in [0.2, 0.25) is 0 Å². The number of halogens is 3. The second-order valence-electron chi connectivity index (χ2n) is 3.27. The first kappa shape index (κ1) is 11.6. The highest BCUT2D eigenvalue weighted by molar-refractivity contribution is 5.43. The zero-order valence-corrected chi connectivity index (χ0v) is 8.23. The minimum Gasteiger partial charge on any atom is -0.508 e. The molecule has 0 fully saturated rings. The van der Waals surface area contributed by atoms with Gasteiger partial charge in [0.1, 0.15) is 5.75 Å². The third kappa shape index (κ3) is 2.52. The van der Waals surface area contributed by atoms with Gasteiger partial charge in [-0.05, 0) is 36.6 Å². The van der Waals surface area contributed by atoms with E-state index >= 15 is 0 Å². The minimum atomic E-state index is -4.43. The Bertz CT molecular complexity index is 380. The van der Waals surface area contributed by atoms with Crippen LogP contribution in [0.15, 0.2) is 24.8 Å². The largest absolute Gasteiger partial charge is 0.508 e. The third-order valence-electron chi connectivity index (χ3n) is 2.18. The van der Waals surface area contributed by atoms with Crippen LogP contribution in [0.5, 0.6) is 5.75 Å². The Balaban J connectivity index is 3.29. The molecule has 0 saturated heterocycles. The summed E-state index contributed by atoms with van der Waals surface area (Å²) in [5.41, 5.74) is 0.0719. The zero-order chi connectivity index (χ0) is 11.6. The molecule has 0 aliphatic rings. The molecule has 82 valence electrons. The van der Waals surface area contributed by atoms with Gasteiger partial charge >= 0.3 is 6.18 Å². The molecule has 0 radical (unpaired) electrons. The van der Waals surface area contributed by atoms with Gasteiger partial charge in [-0.3, -0.25) is 0 Å². The molecular formula is C11H11F3O. The Morgan fingerprint density at radius 1 is 1.40 bits per heavy atom. The van der Waals surface area contributed by atoms with Crippen LogP contribution >= 0.6 is 0 Å². The van der Waals surface area contributed by atoms with Crippen molar-refractivity contribution in [1.82, 2.24) is 0 Å². The molecule has 0 aromatic heterocycles. The highest BCUT2D eigenvalue weighted by Crippen LogP contribution is 2.34. The van der Waals surface area contributed by atoms with Crippen molar-refractivity contribution in [2.45, 2.75) is 19.5 Å². The Kier molecular flexibility index (Phi) is 3.07. The normalized spacial score (nSPS) is 11.5. The summed E-state index contributed by atoms with van der Waals surface area (Å²) in [6.45, 7) is 5.03. The molecule has 0 saturated carbocycles. The van der Waals surface area contributed by atoms with Crippen LogP contribution in [0.4, 0.5) is 13.2 Å². The first-order valence-electron chi connectivity index (χ1n) is 4.37. The van der Waals surface area contributed by atoms with E-state index in [4.69, 9.17) is 0 Å². The van der Waals surface area contributed by atoms with Crippen molar-refractivity contribution in [2.75, 3.05) is 0 Å². The molecular weight excluding hydrogens is 205 g/mol. The van der Waals surface area contributed by atoms with E-state index in [-0.39, 0.29) is 5.75 Å². The summed E-state index contributed by atoms with van der Waals surface area (Å²) in [7, 11) is 0. The molecule has 1 aromatic rings. The third-order valence-corrected chi connectivity index (χ3v) is 2.18. The number of allylic oxidation sites excluding steroid dienone is 1. The fourth-order valence-corrected chi connectivity index (χ4v) is 1.29. The Labute approximate surface area is 85.9 Å². The standard InChI is InChI=1S/C11H11F3O/c1-3-4-8-5-9(11(12,13)14)6-10(15)7(8)2/h3,5-6,15H,1,4H2,2H3. The highest BCUT2D eigenvalue weighted by atomic mass is 19.4. The van der Waals surface area contributed by atoms with Crippen LogP contribution in [-0.4, -0.2) is 5.11 Å². The number of hydrogen-bond acceptors (Lipinski definition) is 1. The summed E-state index contributed by atoms with van der Waals surface area (Å²) in [5.74, 6) is -0.332. The maximum Gasteiger partial charge on any atom is 0.416 e. The van der Waals surface area contributed by atoms with Gasteiger partial charge in [-0.25, -0.2) is 0 Å². The van der Waals surface area contributed by atoms with Crippen LogP contribution in [0.1, 0.15) is 16.7 Å². The van der Waals surface area contributed by atoms with Crippen LogP contribution in [0.3, 0.4) is 0 Å². The molecule has 1 nitrogen and oxygen atoms in total. The molecule has 15 heavy (non-hydrogen) atoms. The van der Waals surface area contributed by atoms with E-state index in [1.807, 2.05) is 0 Å². The summed E-state index contributed by atoms with van der Waals surface area (Å²) in [4.78, 5) is 0. The lowest BCUT2D eigenvalue weighted by atomic mass is 10.0. The molecule has 0 aliphatic heterocycles. The molecule has 0 atom stereocenters. The minimum absolute atomic E-state index is 0.309. The van der Waals surface area contributed by atoms with Crippen molar-refractivity contribution in [3.8, 4) is 5.75 Å². The molecule has 0 heterocycles.